The molecule has 1 unspecified atom stereocenters. The molecule has 36 heavy (non-hydrogen) atoms. The summed E-state index contributed by atoms with van der Waals surface area (Å²) in [5.74, 6) is 1.50. The first-order valence-electron chi connectivity index (χ1n) is 12.9. The minimum absolute atomic E-state index is 0.202. The highest BCUT2D eigenvalue weighted by Gasteiger charge is 2.62. The van der Waals surface area contributed by atoms with E-state index in [0.29, 0.717) is 47.4 Å². The van der Waals surface area contributed by atoms with Crippen molar-refractivity contribution in [3.8, 4) is 0 Å². The molecule has 2 N–H and O–H groups in total. The van der Waals surface area contributed by atoms with E-state index in [0.717, 1.165) is 29.7 Å². The molecule has 1 saturated carbocycles. The van der Waals surface area contributed by atoms with Crippen LogP contribution in [0.25, 0.3) is 0 Å². The number of hydrogen-bond donors (Lipinski definition) is 2. The van der Waals surface area contributed by atoms with Gasteiger partial charge in [0.05, 0.1) is 28.9 Å². The first-order chi connectivity index (χ1) is 17.2. The van der Waals surface area contributed by atoms with Gasteiger partial charge in [-0.2, -0.15) is 10.2 Å². The molecule has 3 aromatic rings. The zero-order chi connectivity index (χ0) is 25.2. The van der Waals surface area contributed by atoms with E-state index in [1.54, 1.807) is 17.1 Å². The Labute approximate surface area is 211 Å². The number of nitrogens with one attached hydrogen (secondary N) is 2. The minimum atomic E-state index is -3.26. The van der Waals surface area contributed by atoms with Crippen LogP contribution in [0.3, 0.4) is 0 Å². The van der Waals surface area contributed by atoms with Crippen LogP contribution in [0.1, 0.15) is 79.3 Å². The van der Waals surface area contributed by atoms with Crippen molar-refractivity contribution in [1.29, 1.82) is 0 Å². The van der Waals surface area contributed by atoms with Crippen molar-refractivity contribution < 1.29 is 13.2 Å². The zero-order valence-electron chi connectivity index (χ0n) is 20.9. The van der Waals surface area contributed by atoms with Crippen molar-refractivity contribution in [3.05, 3.63) is 65.2 Å². The molecule has 6 rings (SSSR count). The zero-order valence-corrected chi connectivity index (χ0v) is 21.8. The first kappa shape index (κ1) is 23.5. The third kappa shape index (κ3) is 3.70. The molecule has 2 fully saturated rings. The summed E-state index contributed by atoms with van der Waals surface area (Å²) in [4.78, 5) is 13.3. The summed E-state index contributed by atoms with van der Waals surface area (Å²) in [5.41, 5.74) is 4.26. The van der Waals surface area contributed by atoms with E-state index < -0.39 is 21.1 Å². The molecule has 2 aliphatic carbocycles. The van der Waals surface area contributed by atoms with Gasteiger partial charge in [-0.05, 0) is 42.1 Å². The number of aromatic amines is 1. The highest BCUT2D eigenvalue weighted by Crippen LogP contribution is 2.67. The fourth-order valence-electron chi connectivity index (χ4n) is 6.99. The largest absolute Gasteiger partial charge is 0.318 e. The maximum atomic E-state index is 13.3. The molecular weight excluding hydrogens is 474 g/mol. The van der Waals surface area contributed by atoms with Crippen molar-refractivity contribution in [1.82, 2.24) is 20.0 Å². The SMILES string of the molecule is C[C@@H]1c2[nH]nc(C(=O)Nc3cnn([C@@H](c4ccccc4)C4CCCCS4(=O)=O)c3)c2C[C@@H]2[C@H]1C2(C)C. The normalized spacial score (nSPS) is 28.5. The molecule has 1 aliphatic heterocycles. The number of hydrogen-bond acceptors (Lipinski definition) is 5. The predicted octanol–water partition coefficient (Wildman–Crippen LogP) is 4.35. The van der Waals surface area contributed by atoms with Crippen LogP contribution in [0, 0.1) is 17.3 Å². The van der Waals surface area contributed by atoms with Crippen LogP contribution >= 0.6 is 0 Å². The van der Waals surface area contributed by atoms with Crippen LogP contribution in [-0.4, -0.2) is 45.3 Å². The summed E-state index contributed by atoms with van der Waals surface area (Å²) in [5, 5.41) is 14.4. The fraction of sp³-hybridized carbons (Fsp3) is 0.519. The summed E-state index contributed by atoms with van der Waals surface area (Å²) >= 11 is 0. The van der Waals surface area contributed by atoms with Gasteiger partial charge < -0.3 is 5.32 Å². The Morgan fingerprint density at radius 2 is 2.00 bits per heavy atom. The molecule has 0 spiro atoms. The number of carbonyl (C=O) groups is 1. The van der Waals surface area contributed by atoms with E-state index in [9.17, 15) is 13.2 Å². The number of carbonyl (C=O) groups excluding carboxylic acids is 1. The Morgan fingerprint density at radius 3 is 2.75 bits per heavy atom. The van der Waals surface area contributed by atoms with Crippen LogP contribution in [0.2, 0.25) is 0 Å². The van der Waals surface area contributed by atoms with Gasteiger partial charge in [0.25, 0.3) is 5.91 Å². The molecule has 3 heterocycles. The second-order valence-electron chi connectivity index (χ2n) is 11.3. The molecule has 1 saturated heterocycles. The van der Waals surface area contributed by atoms with Gasteiger partial charge in [0.2, 0.25) is 0 Å². The standard InChI is InChI=1S/C27H33N5O3S/c1-16-22-20(27(22,2)3)13-19-23(16)30-31-24(19)26(33)29-18-14-28-32(15-18)25(17-9-5-4-6-10-17)21-11-7-8-12-36(21,34)35/h4-6,9-10,14-16,20-22,25H,7-8,11-13H2,1-3H3,(H,29,33)(H,30,31)/t16-,20+,21?,22-,25-/m0/s1. The van der Waals surface area contributed by atoms with Gasteiger partial charge in [0.15, 0.2) is 15.5 Å². The van der Waals surface area contributed by atoms with Gasteiger partial charge in [0.1, 0.15) is 0 Å². The van der Waals surface area contributed by atoms with Gasteiger partial charge in [-0.25, -0.2) is 8.42 Å². The number of H-pyrrole nitrogens is 1. The number of nitrogens with zero attached hydrogens (tertiary/aromatic N) is 3. The van der Waals surface area contributed by atoms with Crippen molar-refractivity contribution in [2.75, 3.05) is 11.1 Å². The van der Waals surface area contributed by atoms with Gasteiger partial charge >= 0.3 is 0 Å². The lowest BCUT2D eigenvalue weighted by atomic mass is 9.87. The maximum absolute atomic E-state index is 13.3. The quantitative estimate of drug-likeness (QED) is 0.534. The average molecular weight is 508 g/mol. The highest BCUT2D eigenvalue weighted by atomic mass is 32.2. The predicted molar refractivity (Wildman–Crippen MR) is 138 cm³/mol. The third-order valence-corrected chi connectivity index (χ3v) is 11.2. The second-order valence-corrected chi connectivity index (χ2v) is 13.7. The van der Waals surface area contributed by atoms with Crippen LogP contribution in [-0.2, 0) is 16.3 Å². The number of anilines is 1. The van der Waals surface area contributed by atoms with Crippen molar-refractivity contribution in [2.45, 2.75) is 63.7 Å². The molecule has 8 nitrogen and oxygen atoms in total. The molecule has 0 radical (unpaired) electrons. The Hall–Kier alpha value is -2.94. The number of aromatic nitrogens is 4. The number of rotatable bonds is 5. The lowest BCUT2D eigenvalue weighted by Gasteiger charge is -2.30. The van der Waals surface area contributed by atoms with E-state index in [1.807, 2.05) is 30.3 Å². The first-order valence-corrected chi connectivity index (χ1v) is 14.6. The lowest BCUT2D eigenvalue weighted by molar-refractivity contribution is 0.102. The summed E-state index contributed by atoms with van der Waals surface area (Å²) in [6.45, 7) is 6.83. The summed E-state index contributed by atoms with van der Waals surface area (Å²) in [6, 6.07) is 9.18. The number of amides is 1. The summed E-state index contributed by atoms with van der Waals surface area (Å²) in [7, 11) is -3.26. The Kier molecular flexibility index (Phi) is 5.41. The third-order valence-electron chi connectivity index (χ3n) is 8.94. The average Bonchev–Trinajstić information content (AvgIpc) is 3.21. The van der Waals surface area contributed by atoms with E-state index >= 15 is 0 Å². The maximum Gasteiger partial charge on any atom is 0.276 e. The Balaban J connectivity index is 1.27. The van der Waals surface area contributed by atoms with Crippen LogP contribution in [0.4, 0.5) is 5.69 Å². The molecule has 9 heteroatoms. The smallest absolute Gasteiger partial charge is 0.276 e. The van der Waals surface area contributed by atoms with Crippen LogP contribution < -0.4 is 5.32 Å². The summed E-state index contributed by atoms with van der Waals surface area (Å²) < 4.78 is 27.7. The second kappa shape index (κ2) is 8.30. The topological polar surface area (TPSA) is 110 Å². The Bertz CT molecular complexity index is 1410. The van der Waals surface area contributed by atoms with Crippen molar-refractivity contribution >= 4 is 21.4 Å². The van der Waals surface area contributed by atoms with Crippen LogP contribution in [0.15, 0.2) is 42.7 Å². The van der Waals surface area contributed by atoms with Crippen molar-refractivity contribution in [2.24, 2.45) is 17.3 Å². The van der Waals surface area contributed by atoms with Crippen molar-refractivity contribution in [3.63, 3.8) is 0 Å². The minimum Gasteiger partial charge on any atom is -0.318 e. The van der Waals surface area contributed by atoms with E-state index in [-0.39, 0.29) is 11.7 Å². The van der Waals surface area contributed by atoms with E-state index in [1.165, 1.54) is 0 Å². The number of sulfone groups is 1. The van der Waals surface area contributed by atoms with Gasteiger partial charge in [-0.15, -0.1) is 0 Å². The van der Waals surface area contributed by atoms with Gasteiger partial charge in [0, 0.05) is 23.4 Å². The van der Waals surface area contributed by atoms with Gasteiger partial charge in [-0.3, -0.25) is 14.6 Å². The molecule has 1 aromatic carbocycles. The number of benzene rings is 1. The van der Waals surface area contributed by atoms with Gasteiger partial charge in [-0.1, -0.05) is 57.5 Å². The molecule has 0 bridgehead atoms. The molecule has 5 atom stereocenters. The molecule has 190 valence electrons. The van der Waals surface area contributed by atoms with E-state index in [4.69, 9.17) is 0 Å². The monoisotopic (exact) mass is 507 g/mol. The Morgan fingerprint density at radius 1 is 1.22 bits per heavy atom. The molecule has 3 aliphatic rings. The molecular formula is C27H33N5O3S. The van der Waals surface area contributed by atoms with E-state index in [2.05, 4.69) is 41.4 Å². The number of fused-ring (bicyclic) bond motifs is 2. The van der Waals surface area contributed by atoms with Crippen LogP contribution in [0.5, 0.6) is 0 Å². The molecule has 2 aromatic heterocycles. The highest BCUT2D eigenvalue weighted by molar-refractivity contribution is 7.92. The summed E-state index contributed by atoms with van der Waals surface area (Å²) in [6.07, 6.45) is 6.36. The fourth-order valence-corrected chi connectivity index (χ4v) is 9.10. The lowest BCUT2D eigenvalue weighted by Crippen LogP contribution is -2.37. The molecule has 1 amide bonds.